The first-order valence-corrected chi connectivity index (χ1v) is 11.1. The molecule has 2 aromatic rings. The Morgan fingerprint density at radius 3 is 2.43 bits per heavy atom. The zero-order valence-electron chi connectivity index (χ0n) is 16.9. The molecule has 2 unspecified atom stereocenters. The van der Waals surface area contributed by atoms with E-state index in [9.17, 15) is 9.59 Å². The van der Waals surface area contributed by atoms with Gasteiger partial charge in [0.05, 0.1) is 5.41 Å². The molecule has 4 nitrogen and oxygen atoms in total. The SMILES string of the molecule is O=C(COC(=O)C12C[C@H]3C[C@@H](C1)CC(c1ccccc1)(C3)C2)Nc1cccc(Cl)c1. The predicted octanol–water partition coefficient (Wildman–Crippen LogP) is 5.36. The van der Waals surface area contributed by atoms with Crippen molar-refractivity contribution < 1.29 is 14.3 Å². The van der Waals surface area contributed by atoms with Gasteiger partial charge in [-0.3, -0.25) is 9.59 Å². The summed E-state index contributed by atoms with van der Waals surface area (Å²) in [7, 11) is 0. The molecule has 6 rings (SSSR count). The Labute approximate surface area is 182 Å². The van der Waals surface area contributed by atoms with Crippen LogP contribution in [0.2, 0.25) is 5.02 Å². The molecule has 1 amide bonds. The number of esters is 1. The van der Waals surface area contributed by atoms with Gasteiger partial charge in [-0.1, -0.05) is 48.0 Å². The van der Waals surface area contributed by atoms with E-state index in [-0.39, 0.29) is 23.9 Å². The fourth-order valence-corrected chi connectivity index (χ4v) is 6.87. The normalized spacial score (nSPS) is 31.4. The summed E-state index contributed by atoms with van der Waals surface area (Å²) in [4.78, 5) is 25.6. The van der Waals surface area contributed by atoms with Gasteiger partial charge in [-0.15, -0.1) is 0 Å². The molecule has 4 atom stereocenters. The van der Waals surface area contributed by atoms with E-state index in [2.05, 4.69) is 29.6 Å². The summed E-state index contributed by atoms with van der Waals surface area (Å²) in [6.07, 6.45) is 6.18. The van der Waals surface area contributed by atoms with Gasteiger partial charge in [0.15, 0.2) is 6.61 Å². The summed E-state index contributed by atoms with van der Waals surface area (Å²) >= 11 is 5.96. The molecule has 156 valence electrons. The highest BCUT2D eigenvalue weighted by molar-refractivity contribution is 6.30. The molecule has 4 aliphatic carbocycles. The van der Waals surface area contributed by atoms with Crippen molar-refractivity contribution in [1.29, 1.82) is 0 Å². The maximum atomic E-state index is 13.3. The summed E-state index contributed by atoms with van der Waals surface area (Å²) in [5.74, 6) is 0.602. The van der Waals surface area contributed by atoms with Gasteiger partial charge in [0.25, 0.3) is 5.91 Å². The van der Waals surface area contributed by atoms with Crippen molar-refractivity contribution >= 4 is 29.2 Å². The fraction of sp³-hybridized carbons (Fsp3) is 0.440. The number of benzene rings is 2. The number of anilines is 1. The number of rotatable bonds is 5. The van der Waals surface area contributed by atoms with Crippen LogP contribution in [0.25, 0.3) is 0 Å². The van der Waals surface area contributed by atoms with Crippen LogP contribution >= 0.6 is 11.6 Å². The first-order valence-electron chi connectivity index (χ1n) is 10.7. The molecule has 0 aliphatic heterocycles. The zero-order chi connectivity index (χ0) is 20.8. The van der Waals surface area contributed by atoms with Crippen LogP contribution in [0, 0.1) is 17.3 Å². The number of carbonyl (C=O) groups excluding carboxylic acids is 2. The van der Waals surface area contributed by atoms with Crippen molar-refractivity contribution in [2.45, 2.75) is 43.9 Å². The third-order valence-electron chi connectivity index (χ3n) is 7.32. The largest absolute Gasteiger partial charge is 0.455 e. The second kappa shape index (κ2) is 7.42. The fourth-order valence-electron chi connectivity index (χ4n) is 6.68. The zero-order valence-corrected chi connectivity index (χ0v) is 17.7. The number of nitrogens with one attached hydrogen (secondary N) is 1. The van der Waals surface area contributed by atoms with E-state index in [1.165, 1.54) is 12.0 Å². The maximum absolute atomic E-state index is 13.3. The summed E-state index contributed by atoms with van der Waals surface area (Å²) in [6, 6.07) is 17.6. The molecule has 0 aromatic heterocycles. The molecule has 4 bridgehead atoms. The predicted molar refractivity (Wildman–Crippen MR) is 116 cm³/mol. The summed E-state index contributed by atoms with van der Waals surface area (Å²) in [5.41, 5.74) is 1.58. The molecular weight excluding hydrogens is 398 g/mol. The second-order valence-electron chi connectivity index (χ2n) is 9.52. The van der Waals surface area contributed by atoms with Gasteiger partial charge in [-0.2, -0.15) is 0 Å². The second-order valence-corrected chi connectivity index (χ2v) is 9.96. The van der Waals surface area contributed by atoms with Gasteiger partial charge in [-0.25, -0.2) is 0 Å². The van der Waals surface area contributed by atoms with Gasteiger partial charge >= 0.3 is 5.97 Å². The van der Waals surface area contributed by atoms with Crippen molar-refractivity contribution in [2.24, 2.45) is 17.3 Å². The molecule has 30 heavy (non-hydrogen) atoms. The minimum atomic E-state index is -0.448. The third-order valence-corrected chi connectivity index (χ3v) is 7.56. The van der Waals surface area contributed by atoms with Crippen molar-refractivity contribution in [3.8, 4) is 0 Å². The van der Waals surface area contributed by atoms with E-state index in [4.69, 9.17) is 16.3 Å². The Hall–Kier alpha value is -2.33. The van der Waals surface area contributed by atoms with Crippen LogP contribution in [0.5, 0.6) is 0 Å². The van der Waals surface area contributed by atoms with Crippen LogP contribution in [0.4, 0.5) is 5.69 Å². The number of ether oxygens (including phenoxy) is 1. The molecular formula is C25H26ClNO3. The molecule has 2 aromatic carbocycles. The Morgan fingerprint density at radius 2 is 1.73 bits per heavy atom. The average molecular weight is 424 g/mol. The highest BCUT2D eigenvalue weighted by Gasteiger charge is 2.61. The lowest BCUT2D eigenvalue weighted by Crippen LogP contribution is -2.57. The lowest BCUT2D eigenvalue weighted by molar-refractivity contribution is -0.175. The standard InChI is InChI=1S/C25H26ClNO3/c26-20-7-4-8-21(10-20)27-22(28)15-30-23(29)25-13-17-9-18(14-25)12-24(11-17,16-25)19-5-2-1-3-6-19/h1-8,10,17-18H,9,11-16H2,(H,27,28)/t17-,18+,24?,25?. The number of hydrogen-bond donors (Lipinski definition) is 1. The van der Waals surface area contributed by atoms with Crippen molar-refractivity contribution in [3.05, 3.63) is 65.2 Å². The molecule has 4 saturated carbocycles. The molecule has 0 radical (unpaired) electrons. The van der Waals surface area contributed by atoms with Crippen LogP contribution < -0.4 is 5.32 Å². The van der Waals surface area contributed by atoms with E-state index in [0.717, 1.165) is 32.1 Å². The van der Waals surface area contributed by atoms with E-state index in [0.29, 0.717) is 22.5 Å². The van der Waals surface area contributed by atoms with Gasteiger partial charge in [0, 0.05) is 10.7 Å². The van der Waals surface area contributed by atoms with Crippen LogP contribution in [-0.4, -0.2) is 18.5 Å². The van der Waals surface area contributed by atoms with Crippen molar-refractivity contribution in [1.82, 2.24) is 0 Å². The number of amides is 1. The Morgan fingerprint density at radius 1 is 1.00 bits per heavy atom. The van der Waals surface area contributed by atoms with Crippen LogP contribution in [0.15, 0.2) is 54.6 Å². The molecule has 4 aliphatic rings. The minimum absolute atomic E-state index is 0.0768. The van der Waals surface area contributed by atoms with E-state index >= 15 is 0 Å². The highest BCUT2D eigenvalue weighted by Crippen LogP contribution is 2.66. The third kappa shape index (κ3) is 3.51. The van der Waals surface area contributed by atoms with Crippen LogP contribution in [0.1, 0.15) is 44.1 Å². The first-order chi connectivity index (χ1) is 14.5. The number of halogens is 1. The molecule has 1 N–H and O–H groups in total. The maximum Gasteiger partial charge on any atom is 0.312 e. The van der Waals surface area contributed by atoms with Gasteiger partial charge < -0.3 is 10.1 Å². The van der Waals surface area contributed by atoms with Crippen LogP contribution in [0.3, 0.4) is 0 Å². The van der Waals surface area contributed by atoms with E-state index < -0.39 is 5.41 Å². The Kier molecular flexibility index (Phi) is 4.85. The topological polar surface area (TPSA) is 55.4 Å². The summed E-state index contributed by atoms with van der Waals surface area (Å²) in [6.45, 7) is -0.263. The van der Waals surface area contributed by atoms with Crippen molar-refractivity contribution in [2.75, 3.05) is 11.9 Å². The Balaban J connectivity index is 1.29. The molecule has 5 heteroatoms. The van der Waals surface area contributed by atoms with Crippen molar-refractivity contribution in [3.63, 3.8) is 0 Å². The molecule has 4 fully saturated rings. The summed E-state index contributed by atoms with van der Waals surface area (Å²) in [5, 5.41) is 3.29. The molecule has 0 spiro atoms. The lowest BCUT2D eigenvalue weighted by Gasteiger charge is -2.61. The Bertz CT molecular complexity index is 959. The highest BCUT2D eigenvalue weighted by atomic mass is 35.5. The first kappa shape index (κ1) is 19.6. The molecule has 0 saturated heterocycles. The molecule has 0 heterocycles. The summed E-state index contributed by atoms with van der Waals surface area (Å²) < 4.78 is 5.59. The average Bonchev–Trinajstić information content (AvgIpc) is 2.72. The van der Waals surface area contributed by atoms with E-state index in [1.807, 2.05) is 6.07 Å². The van der Waals surface area contributed by atoms with Gasteiger partial charge in [0.2, 0.25) is 0 Å². The van der Waals surface area contributed by atoms with Gasteiger partial charge in [0.1, 0.15) is 0 Å². The van der Waals surface area contributed by atoms with E-state index in [1.54, 1.807) is 24.3 Å². The minimum Gasteiger partial charge on any atom is -0.455 e. The lowest BCUT2D eigenvalue weighted by atomic mass is 9.43. The number of carbonyl (C=O) groups is 2. The van der Waals surface area contributed by atoms with Gasteiger partial charge in [-0.05, 0) is 79.5 Å². The number of hydrogen-bond acceptors (Lipinski definition) is 3. The smallest absolute Gasteiger partial charge is 0.312 e. The van der Waals surface area contributed by atoms with Crippen LogP contribution in [-0.2, 0) is 19.7 Å². The monoisotopic (exact) mass is 423 g/mol. The quantitative estimate of drug-likeness (QED) is 0.658.